The summed E-state index contributed by atoms with van der Waals surface area (Å²) in [6.45, 7) is 1.96. The third-order valence-corrected chi connectivity index (χ3v) is 1.86. The van der Waals surface area contributed by atoms with Crippen molar-refractivity contribution < 1.29 is 4.79 Å². The zero-order chi connectivity index (χ0) is 9.97. The monoisotopic (exact) mass is 188 g/mol. The van der Waals surface area contributed by atoms with Crippen molar-refractivity contribution in [1.82, 2.24) is 20.6 Å². The standard InChI is InChI=1S/C9H8N4O/c1-6-2-4-7(5-3-6)8(14)9-10-12-13-11-9/h2-5H,1H3,(H,10,11,12,13). The van der Waals surface area contributed by atoms with E-state index in [1.54, 1.807) is 12.1 Å². The van der Waals surface area contributed by atoms with Crippen LogP contribution in [0.25, 0.3) is 0 Å². The molecule has 2 rings (SSSR count). The summed E-state index contributed by atoms with van der Waals surface area (Å²) >= 11 is 0. The summed E-state index contributed by atoms with van der Waals surface area (Å²) < 4.78 is 0. The number of aryl methyl sites for hydroxylation is 1. The van der Waals surface area contributed by atoms with Gasteiger partial charge in [0.1, 0.15) is 0 Å². The minimum Gasteiger partial charge on any atom is -0.285 e. The number of rotatable bonds is 2. The smallest absolute Gasteiger partial charge is 0.245 e. The van der Waals surface area contributed by atoms with Gasteiger partial charge in [-0.2, -0.15) is 5.21 Å². The first-order valence-corrected chi connectivity index (χ1v) is 4.12. The Labute approximate surface area is 80.2 Å². The molecule has 0 unspecified atom stereocenters. The lowest BCUT2D eigenvalue weighted by atomic mass is 10.1. The molecule has 0 fully saturated rings. The molecule has 1 aromatic carbocycles. The van der Waals surface area contributed by atoms with E-state index in [2.05, 4.69) is 20.6 Å². The molecule has 0 bridgehead atoms. The molecule has 0 amide bonds. The second-order valence-electron chi connectivity index (χ2n) is 2.93. The van der Waals surface area contributed by atoms with Crippen LogP contribution in [0.3, 0.4) is 0 Å². The molecule has 0 aliphatic carbocycles. The first-order valence-electron chi connectivity index (χ1n) is 4.12. The molecule has 14 heavy (non-hydrogen) atoms. The number of aromatic amines is 1. The van der Waals surface area contributed by atoms with E-state index in [4.69, 9.17) is 0 Å². The number of aromatic nitrogens is 4. The molecular weight excluding hydrogens is 180 g/mol. The number of ketones is 1. The summed E-state index contributed by atoms with van der Waals surface area (Å²) in [5.41, 5.74) is 1.67. The van der Waals surface area contributed by atoms with Crippen LogP contribution in [0, 0.1) is 6.92 Å². The zero-order valence-corrected chi connectivity index (χ0v) is 7.56. The number of hydrogen-bond donors (Lipinski definition) is 1. The molecule has 2 aromatic rings. The highest BCUT2D eigenvalue weighted by Gasteiger charge is 2.12. The Hall–Kier alpha value is -2.04. The zero-order valence-electron chi connectivity index (χ0n) is 7.56. The van der Waals surface area contributed by atoms with Gasteiger partial charge in [0.25, 0.3) is 0 Å². The Morgan fingerprint density at radius 2 is 2.00 bits per heavy atom. The van der Waals surface area contributed by atoms with Gasteiger partial charge in [-0.25, -0.2) is 0 Å². The van der Waals surface area contributed by atoms with Crippen LogP contribution in [0.15, 0.2) is 24.3 Å². The largest absolute Gasteiger partial charge is 0.285 e. The first kappa shape index (κ1) is 8.55. The molecule has 0 spiro atoms. The molecule has 1 N–H and O–H groups in total. The van der Waals surface area contributed by atoms with Crippen LogP contribution < -0.4 is 0 Å². The SMILES string of the molecule is Cc1ccc(C(=O)c2nn[nH]n2)cc1. The Kier molecular flexibility index (Phi) is 2.06. The minimum atomic E-state index is -0.223. The molecular formula is C9H8N4O. The van der Waals surface area contributed by atoms with Crippen LogP contribution in [0.1, 0.15) is 21.7 Å². The summed E-state index contributed by atoms with van der Waals surface area (Å²) in [5.74, 6) is -0.132. The summed E-state index contributed by atoms with van der Waals surface area (Å²) in [4.78, 5) is 11.6. The van der Waals surface area contributed by atoms with Gasteiger partial charge in [0, 0.05) is 5.56 Å². The number of hydrogen-bond acceptors (Lipinski definition) is 4. The molecule has 0 aliphatic heterocycles. The number of benzene rings is 1. The first-order chi connectivity index (χ1) is 6.77. The van der Waals surface area contributed by atoms with E-state index in [9.17, 15) is 4.79 Å². The second kappa shape index (κ2) is 3.37. The average molecular weight is 188 g/mol. The van der Waals surface area contributed by atoms with Crippen molar-refractivity contribution in [2.75, 3.05) is 0 Å². The summed E-state index contributed by atoms with van der Waals surface area (Å²) in [6, 6.07) is 7.22. The number of nitrogens with one attached hydrogen (secondary N) is 1. The van der Waals surface area contributed by atoms with Gasteiger partial charge >= 0.3 is 0 Å². The van der Waals surface area contributed by atoms with Gasteiger partial charge in [-0.05, 0) is 12.1 Å². The van der Waals surface area contributed by atoms with Crippen molar-refractivity contribution in [3.05, 3.63) is 41.2 Å². The van der Waals surface area contributed by atoms with Gasteiger partial charge in [-0.15, -0.1) is 10.2 Å². The maximum absolute atomic E-state index is 11.6. The van der Waals surface area contributed by atoms with Gasteiger partial charge in [-0.1, -0.05) is 29.8 Å². The molecule has 70 valence electrons. The van der Waals surface area contributed by atoms with E-state index in [-0.39, 0.29) is 11.6 Å². The topological polar surface area (TPSA) is 71.5 Å². The highest BCUT2D eigenvalue weighted by atomic mass is 16.1. The van der Waals surface area contributed by atoms with Crippen molar-refractivity contribution >= 4 is 5.78 Å². The van der Waals surface area contributed by atoms with E-state index in [0.29, 0.717) is 5.56 Å². The molecule has 5 nitrogen and oxygen atoms in total. The Morgan fingerprint density at radius 3 is 2.57 bits per heavy atom. The van der Waals surface area contributed by atoms with E-state index in [1.165, 1.54) is 0 Å². The summed E-state index contributed by atoms with van der Waals surface area (Å²) in [7, 11) is 0. The number of nitrogens with zero attached hydrogens (tertiary/aromatic N) is 3. The van der Waals surface area contributed by atoms with Gasteiger partial charge in [0.2, 0.25) is 11.6 Å². The quantitative estimate of drug-likeness (QED) is 0.705. The van der Waals surface area contributed by atoms with E-state index in [0.717, 1.165) is 5.56 Å². The van der Waals surface area contributed by atoms with Crippen molar-refractivity contribution in [1.29, 1.82) is 0 Å². The fourth-order valence-corrected chi connectivity index (χ4v) is 1.09. The fraction of sp³-hybridized carbons (Fsp3) is 0.111. The van der Waals surface area contributed by atoms with Crippen molar-refractivity contribution in [2.45, 2.75) is 6.92 Å². The molecule has 0 saturated carbocycles. The van der Waals surface area contributed by atoms with Gasteiger partial charge in [0.05, 0.1) is 0 Å². The van der Waals surface area contributed by atoms with Crippen LogP contribution >= 0.6 is 0 Å². The molecule has 5 heteroatoms. The van der Waals surface area contributed by atoms with Crippen LogP contribution in [0.2, 0.25) is 0 Å². The van der Waals surface area contributed by atoms with Crippen LogP contribution in [-0.2, 0) is 0 Å². The molecule has 0 aliphatic rings. The van der Waals surface area contributed by atoms with Crippen molar-refractivity contribution in [3.63, 3.8) is 0 Å². The Balaban J connectivity index is 2.33. The van der Waals surface area contributed by atoms with Gasteiger partial charge in [0.15, 0.2) is 0 Å². The fourth-order valence-electron chi connectivity index (χ4n) is 1.09. The highest BCUT2D eigenvalue weighted by Crippen LogP contribution is 2.06. The van der Waals surface area contributed by atoms with Gasteiger partial charge in [-0.3, -0.25) is 4.79 Å². The lowest BCUT2D eigenvalue weighted by molar-refractivity contribution is 0.102. The maximum Gasteiger partial charge on any atom is 0.245 e. The Morgan fingerprint density at radius 1 is 1.29 bits per heavy atom. The van der Waals surface area contributed by atoms with E-state index >= 15 is 0 Å². The molecule has 1 aromatic heterocycles. The minimum absolute atomic E-state index is 0.0915. The third kappa shape index (κ3) is 1.52. The molecule has 0 atom stereocenters. The van der Waals surface area contributed by atoms with Crippen LogP contribution in [0.4, 0.5) is 0 Å². The highest BCUT2D eigenvalue weighted by molar-refractivity contribution is 6.06. The second-order valence-corrected chi connectivity index (χ2v) is 2.93. The third-order valence-electron chi connectivity index (χ3n) is 1.86. The van der Waals surface area contributed by atoms with Crippen molar-refractivity contribution in [2.24, 2.45) is 0 Å². The Bertz CT molecular complexity index is 432. The predicted octanol–water partition coefficient (Wildman–Crippen LogP) is 0.739. The summed E-state index contributed by atoms with van der Waals surface area (Å²) in [5, 5.41) is 12.8. The van der Waals surface area contributed by atoms with Crippen LogP contribution in [0.5, 0.6) is 0 Å². The molecule has 0 saturated heterocycles. The molecule has 0 radical (unpaired) electrons. The number of carbonyl (C=O) groups excluding carboxylic acids is 1. The van der Waals surface area contributed by atoms with E-state index < -0.39 is 0 Å². The van der Waals surface area contributed by atoms with E-state index in [1.807, 2.05) is 19.1 Å². The number of carbonyl (C=O) groups is 1. The predicted molar refractivity (Wildman–Crippen MR) is 48.8 cm³/mol. The molecule has 1 heterocycles. The summed E-state index contributed by atoms with van der Waals surface area (Å²) in [6.07, 6.45) is 0. The van der Waals surface area contributed by atoms with Gasteiger partial charge < -0.3 is 0 Å². The van der Waals surface area contributed by atoms with Crippen LogP contribution in [-0.4, -0.2) is 26.4 Å². The average Bonchev–Trinajstić information content (AvgIpc) is 2.71. The lowest BCUT2D eigenvalue weighted by Gasteiger charge is -1.96. The maximum atomic E-state index is 11.6. The number of tetrazole rings is 1. The lowest BCUT2D eigenvalue weighted by Crippen LogP contribution is -2.03. The number of H-pyrrole nitrogens is 1. The van der Waals surface area contributed by atoms with Crippen molar-refractivity contribution in [3.8, 4) is 0 Å². The normalized spacial score (nSPS) is 10.1.